The molecule has 1 unspecified atom stereocenters. The van der Waals surface area contributed by atoms with Crippen molar-refractivity contribution >= 4 is 17.9 Å². The van der Waals surface area contributed by atoms with Gasteiger partial charge in [0.2, 0.25) is 0 Å². The van der Waals surface area contributed by atoms with Crippen LogP contribution < -0.4 is 0 Å². The minimum atomic E-state index is -4.71. The molecule has 2 aliphatic rings. The van der Waals surface area contributed by atoms with Crippen LogP contribution in [-0.2, 0) is 42.1 Å². The SMILES string of the molecule is CCC(=O)[O][Ti]([O]C(=O)CC)([O]C(=O)CC)[C]1=C(C)C2=C(CCCC2)C1C. The summed E-state index contributed by atoms with van der Waals surface area (Å²) in [7, 11) is 0. The van der Waals surface area contributed by atoms with Gasteiger partial charge in [-0.2, -0.15) is 0 Å². The molecule has 0 amide bonds. The number of hydrogen-bond acceptors (Lipinski definition) is 6. The second-order valence-corrected chi connectivity index (χ2v) is 10.5. The van der Waals surface area contributed by atoms with Gasteiger partial charge in [-0.05, 0) is 0 Å². The van der Waals surface area contributed by atoms with E-state index in [4.69, 9.17) is 9.96 Å². The first-order chi connectivity index (χ1) is 12.8. The van der Waals surface area contributed by atoms with Crippen molar-refractivity contribution in [1.82, 2.24) is 0 Å². The quantitative estimate of drug-likeness (QED) is 0.569. The summed E-state index contributed by atoms with van der Waals surface area (Å²) in [4.78, 5) is 36.8. The third-order valence-corrected chi connectivity index (χ3v) is 9.88. The maximum absolute atomic E-state index is 12.3. The van der Waals surface area contributed by atoms with Crippen molar-refractivity contribution in [3.05, 3.63) is 20.6 Å². The Morgan fingerprint density at radius 3 is 1.74 bits per heavy atom. The van der Waals surface area contributed by atoms with Gasteiger partial charge in [0.05, 0.1) is 0 Å². The number of carbonyl (C=O) groups excluding carboxylic acids is 3. The van der Waals surface area contributed by atoms with Crippen LogP contribution in [0.1, 0.15) is 79.6 Å². The van der Waals surface area contributed by atoms with Crippen molar-refractivity contribution in [1.29, 1.82) is 0 Å². The summed E-state index contributed by atoms with van der Waals surface area (Å²) in [5.41, 5.74) is 3.54. The molecule has 0 aromatic rings. The van der Waals surface area contributed by atoms with Crippen molar-refractivity contribution in [3.63, 3.8) is 0 Å². The Bertz CT molecular complexity index is 645. The number of allylic oxidation sites excluding steroid dienone is 4. The van der Waals surface area contributed by atoms with Gasteiger partial charge in [0, 0.05) is 0 Å². The third kappa shape index (κ3) is 4.54. The van der Waals surface area contributed by atoms with Crippen molar-refractivity contribution in [2.45, 2.75) is 79.6 Å². The second-order valence-electron chi connectivity index (χ2n) is 7.01. The fourth-order valence-electron chi connectivity index (χ4n) is 3.88. The van der Waals surface area contributed by atoms with E-state index in [1.165, 1.54) is 11.1 Å². The monoisotopic (exact) mass is 414 g/mol. The summed E-state index contributed by atoms with van der Waals surface area (Å²) in [5.74, 6) is -1.58. The summed E-state index contributed by atoms with van der Waals surface area (Å²) < 4.78 is 18.0. The fraction of sp³-hybridized carbons (Fsp3) is 0.650. The first kappa shape index (κ1) is 21.9. The van der Waals surface area contributed by atoms with Gasteiger partial charge >= 0.3 is 166 Å². The maximum atomic E-state index is 12.3. The summed E-state index contributed by atoms with van der Waals surface area (Å²) in [6.07, 6.45) is 4.51. The molecule has 6 nitrogen and oxygen atoms in total. The molecule has 1 atom stereocenters. The molecule has 27 heavy (non-hydrogen) atoms. The van der Waals surface area contributed by atoms with Crippen LogP contribution in [0.3, 0.4) is 0 Å². The molecule has 0 spiro atoms. The molecule has 0 heterocycles. The molecule has 0 aliphatic heterocycles. The molecular weight excluding hydrogens is 384 g/mol. The average molecular weight is 414 g/mol. The third-order valence-electron chi connectivity index (χ3n) is 5.26. The molecule has 0 radical (unpaired) electrons. The van der Waals surface area contributed by atoms with Gasteiger partial charge in [-0.1, -0.05) is 0 Å². The molecule has 0 saturated heterocycles. The molecular formula is C20H30O6Ti. The van der Waals surface area contributed by atoms with E-state index in [2.05, 4.69) is 0 Å². The molecule has 0 saturated carbocycles. The first-order valence-electron chi connectivity index (χ1n) is 9.88. The zero-order chi connectivity index (χ0) is 20.2. The van der Waals surface area contributed by atoms with Crippen molar-refractivity contribution in [3.8, 4) is 0 Å². The molecule has 0 aromatic heterocycles. The molecule has 0 bridgehead atoms. The average Bonchev–Trinajstić information content (AvgIpc) is 2.92. The Morgan fingerprint density at radius 2 is 1.33 bits per heavy atom. The molecule has 2 rings (SSSR count). The van der Waals surface area contributed by atoms with Crippen molar-refractivity contribution < 1.29 is 42.1 Å². The number of carbonyl (C=O) groups is 3. The van der Waals surface area contributed by atoms with Gasteiger partial charge in [0.15, 0.2) is 0 Å². The Hall–Kier alpha value is -1.40. The Labute approximate surface area is 166 Å². The Kier molecular flexibility index (Phi) is 7.46. The Balaban J connectivity index is 2.58. The van der Waals surface area contributed by atoms with Crippen molar-refractivity contribution in [2.75, 3.05) is 0 Å². The molecule has 0 N–H and O–H groups in total. The van der Waals surface area contributed by atoms with Crippen LogP contribution in [0, 0.1) is 5.92 Å². The zero-order valence-corrected chi connectivity index (χ0v) is 18.5. The van der Waals surface area contributed by atoms with Crippen LogP contribution >= 0.6 is 0 Å². The van der Waals surface area contributed by atoms with E-state index >= 15 is 0 Å². The minimum absolute atomic E-state index is 0.0423. The van der Waals surface area contributed by atoms with Crippen molar-refractivity contribution in [2.24, 2.45) is 5.92 Å². The van der Waals surface area contributed by atoms with E-state index in [0.717, 1.165) is 35.1 Å². The van der Waals surface area contributed by atoms with E-state index in [1.807, 2.05) is 13.8 Å². The molecule has 150 valence electrons. The van der Waals surface area contributed by atoms with E-state index in [1.54, 1.807) is 20.8 Å². The summed E-state index contributed by atoms with van der Waals surface area (Å²) in [6, 6.07) is 0. The molecule has 7 heteroatoms. The Morgan fingerprint density at radius 1 is 0.889 bits per heavy atom. The number of hydrogen-bond donors (Lipinski definition) is 0. The van der Waals surface area contributed by atoms with E-state index in [9.17, 15) is 14.4 Å². The topological polar surface area (TPSA) is 78.9 Å². The van der Waals surface area contributed by atoms with Gasteiger partial charge in [-0.15, -0.1) is 0 Å². The van der Waals surface area contributed by atoms with Gasteiger partial charge in [-0.3, -0.25) is 0 Å². The normalized spacial score (nSPS) is 19.7. The van der Waals surface area contributed by atoms with E-state index in [0.29, 0.717) is 0 Å². The second kappa shape index (κ2) is 9.20. The first-order valence-corrected chi connectivity index (χ1v) is 12.6. The zero-order valence-electron chi connectivity index (χ0n) is 17.0. The summed E-state index contributed by atoms with van der Waals surface area (Å²) >= 11 is -4.71. The van der Waals surface area contributed by atoms with Gasteiger partial charge in [0.1, 0.15) is 0 Å². The standard InChI is InChI=1S/C11H15.3C3H6O2.Ti/c1-8-7-9(2)11-6-4-3-5-10(8)11;3*1-2-3(4)5;/h8H,3-6H2,1-2H3;3*2H2,1H3,(H,4,5);/q;;;;+3/p-3. The van der Waals surface area contributed by atoms with Gasteiger partial charge < -0.3 is 0 Å². The van der Waals surface area contributed by atoms with Crippen LogP contribution in [0.5, 0.6) is 0 Å². The number of rotatable bonds is 7. The fourth-order valence-corrected chi connectivity index (χ4v) is 8.73. The molecule has 0 aromatic carbocycles. The predicted molar refractivity (Wildman–Crippen MR) is 96.5 cm³/mol. The van der Waals surface area contributed by atoms with E-state index < -0.39 is 35.7 Å². The summed E-state index contributed by atoms with van der Waals surface area (Å²) in [5, 5.41) is 0. The van der Waals surface area contributed by atoms with Gasteiger partial charge in [-0.25, -0.2) is 0 Å². The summed E-state index contributed by atoms with van der Waals surface area (Å²) in [6.45, 7) is 9.01. The van der Waals surface area contributed by atoms with Crippen LogP contribution in [0.15, 0.2) is 20.6 Å². The van der Waals surface area contributed by atoms with Crippen LogP contribution in [-0.4, -0.2) is 17.9 Å². The van der Waals surface area contributed by atoms with Crippen LogP contribution in [0.2, 0.25) is 0 Å². The molecule has 2 aliphatic carbocycles. The van der Waals surface area contributed by atoms with Crippen LogP contribution in [0.4, 0.5) is 0 Å². The van der Waals surface area contributed by atoms with E-state index in [-0.39, 0.29) is 25.2 Å². The van der Waals surface area contributed by atoms with Gasteiger partial charge in [0.25, 0.3) is 0 Å². The molecule has 0 fully saturated rings. The predicted octanol–water partition coefficient (Wildman–Crippen LogP) is 4.54. The van der Waals surface area contributed by atoms with Crippen LogP contribution in [0.25, 0.3) is 0 Å².